The average molecular weight is 364 g/mol. The minimum Gasteiger partial charge on any atom is -0.421 e. The lowest BCUT2D eigenvalue weighted by atomic mass is 10.1. The summed E-state index contributed by atoms with van der Waals surface area (Å²) in [5, 5.41) is 13.6. The SMILES string of the molecule is CC(=O)Nc1ccc(NC(=O)CCc2nnc(-c3ccccc3)o2)cc1C. The highest BCUT2D eigenvalue weighted by molar-refractivity contribution is 5.93. The predicted octanol–water partition coefficient (Wildman–Crippen LogP) is 3.57. The Bertz CT molecular complexity index is 951. The predicted molar refractivity (Wildman–Crippen MR) is 102 cm³/mol. The maximum absolute atomic E-state index is 12.2. The zero-order valence-electron chi connectivity index (χ0n) is 15.2. The minimum absolute atomic E-state index is 0.135. The zero-order chi connectivity index (χ0) is 19.2. The Morgan fingerprint density at radius 2 is 1.81 bits per heavy atom. The fourth-order valence-corrected chi connectivity index (χ4v) is 2.57. The number of amides is 2. The molecule has 1 heterocycles. The van der Waals surface area contributed by atoms with E-state index < -0.39 is 0 Å². The second-order valence-electron chi connectivity index (χ2n) is 6.13. The van der Waals surface area contributed by atoms with Crippen LogP contribution in [0, 0.1) is 6.92 Å². The summed E-state index contributed by atoms with van der Waals surface area (Å²) in [6, 6.07) is 14.8. The highest BCUT2D eigenvalue weighted by atomic mass is 16.4. The molecule has 1 aromatic heterocycles. The Kier molecular flexibility index (Phi) is 5.61. The summed E-state index contributed by atoms with van der Waals surface area (Å²) >= 11 is 0. The van der Waals surface area contributed by atoms with Gasteiger partial charge in [-0.2, -0.15) is 0 Å². The summed E-state index contributed by atoms with van der Waals surface area (Å²) in [4.78, 5) is 23.3. The van der Waals surface area contributed by atoms with Crippen LogP contribution in [0.3, 0.4) is 0 Å². The van der Waals surface area contributed by atoms with Gasteiger partial charge in [-0.1, -0.05) is 18.2 Å². The molecule has 3 rings (SSSR count). The van der Waals surface area contributed by atoms with Crippen LogP contribution in [0.5, 0.6) is 0 Å². The molecule has 0 aliphatic rings. The molecule has 7 heteroatoms. The van der Waals surface area contributed by atoms with Crippen LogP contribution in [0.25, 0.3) is 11.5 Å². The molecule has 2 aromatic carbocycles. The maximum atomic E-state index is 12.2. The number of hydrogen-bond acceptors (Lipinski definition) is 5. The molecule has 0 fully saturated rings. The maximum Gasteiger partial charge on any atom is 0.247 e. The molecule has 138 valence electrons. The van der Waals surface area contributed by atoms with Crippen LogP contribution >= 0.6 is 0 Å². The van der Waals surface area contributed by atoms with Gasteiger partial charge in [0, 0.05) is 36.7 Å². The number of nitrogens with zero attached hydrogens (tertiary/aromatic N) is 2. The number of carbonyl (C=O) groups excluding carboxylic acids is 2. The summed E-state index contributed by atoms with van der Waals surface area (Å²) < 4.78 is 5.60. The lowest BCUT2D eigenvalue weighted by Crippen LogP contribution is -2.13. The number of nitrogens with one attached hydrogen (secondary N) is 2. The molecular formula is C20H20N4O3. The molecule has 0 spiro atoms. The molecule has 2 amide bonds. The number of hydrogen-bond donors (Lipinski definition) is 2. The number of carbonyl (C=O) groups is 2. The highest BCUT2D eigenvalue weighted by Gasteiger charge is 2.11. The van der Waals surface area contributed by atoms with Crippen molar-refractivity contribution in [1.82, 2.24) is 10.2 Å². The molecule has 2 N–H and O–H groups in total. The number of benzene rings is 2. The van der Waals surface area contributed by atoms with E-state index in [4.69, 9.17) is 4.42 Å². The van der Waals surface area contributed by atoms with E-state index in [9.17, 15) is 9.59 Å². The quantitative estimate of drug-likeness (QED) is 0.697. The highest BCUT2D eigenvalue weighted by Crippen LogP contribution is 2.20. The van der Waals surface area contributed by atoms with Crippen LogP contribution in [0.1, 0.15) is 24.8 Å². The zero-order valence-corrected chi connectivity index (χ0v) is 15.2. The summed E-state index contributed by atoms with van der Waals surface area (Å²) in [6.07, 6.45) is 0.581. The van der Waals surface area contributed by atoms with Crippen molar-refractivity contribution in [2.75, 3.05) is 10.6 Å². The van der Waals surface area contributed by atoms with E-state index in [-0.39, 0.29) is 18.2 Å². The molecule has 7 nitrogen and oxygen atoms in total. The van der Waals surface area contributed by atoms with Crippen molar-refractivity contribution in [3.63, 3.8) is 0 Å². The van der Waals surface area contributed by atoms with Gasteiger partial charge in [-0.05, 0) is 42.8 Å². The Morgan fingerprint density at radius 3 is 2.52 bits per heavy atom. The van der Waals surface area contributed by atoms with E-state index in [2.05, 4.69) is 20.8 Å². The number of anilines is 2. The average Bonchev–Trinajstić information content (AvgIpc) is 3.12. The van der Waals surface area contributed by atoms with E-state index in [0.29, 0.717) is 23.9 Å². The van der Waals surface area contributed by atoms with Crippen molar-refractivity contribution in [3.8, 4) is 11.5 Å². The van der Waals surface area contributed by atoms with Gasteiger partial charge < -0.3 is 15.1 Å². The van der Waals surface area contributed by atoms with Gasteiger partial charge in [0.05, 0.1) is 0 Å². The second-order valence-corrected chi connectivity index (χ2v) is 6.13. The third-order valence-electron chi connectivity index (χ3n) is 3.87. The van der Waals surface area contributed by atoms with Crippen LogP contribution in [-0.2, 0) is 16.0 Å². The molecule has 0 unspecified atom stereocenters. The fourth-order valence-electron chi connectivity index (χ4n) is 2.57. The summed E-state index contributed by atoms with van der Waals surface area (Å²) in [6.45, 7) is 3.32. The van der Waals surface area contributed by atoms with Gasteiger partial charge in [0.1, 0.15) is 0 Å². The molecule has 0 bridgehead atoms. The molecule has 0 saturated carbocycles. The van der Waals surface area contributed by atoms with E-state index in [1.807, 2.05) is 43.3 Å². The van der Waals surface area contributed by atoms with Crippen LogP contribution in [0.4, 0.5) is 11.4 Å². The van der Waals surface area contributed by atoms with Crippen LogP contribution < -0.4 is 10.6 Å². The normalized spacial score (nSPS) is 10.4. The third kappa shape index (κ3) is 5.01. The molecule has 3 aromatic rings. The minimum atomic E-state index is -0.152. The van der Waals surface area contributed by atoms with Gasteiger partial charge >= 0.3 is 0 Å². The van der Waals surface area contributed by atoms with Crippen molar-refractivity contribution in [3.05, 3.63) is 60.0 Å². The molecule has 0 aliphatic heterocycles. The van der Waals surface area contributed by atoms with Gasteiger partial charge in [-0.25, -0.2) is 0 Å². The van der Waals surface area contributed by atoms with E-state index in [1.54, 1.807) is 12.1 Å². The second kappa shape index (κ2) is 8.27. The lowest BCUT2D eigenvalue weighted by Gasteiger charge is -2.10. The van der Waals surface area contributed by atoms with Crippen LogP contribution in [0.2, 0.25) is 0 Å². The van der Waals surface area contributed by atoms with Gasteiger partial charge in [0.2, 0.25) is 23.6 Å². The molecular weight excluding hydrogens is 344 g/mol. The van der Waals surface area contributed by atoms with E-state index in [1.165, 1.54) is 6.92 Å². The van der Waals surface area contributed by atoms with Gasteiger partial charge in [-0.15, -0.1) is 10.2 Å². The van der Waals surface area contributed by atoms with Crippen molar-refractivity contribution in [1.29, 1.82) is 0 Å². The monoisotopic (exact) mass is 364 g/mol. The first-order chi connectivity index (χ1) is 13.0. The van der Waals surface area contributed by atoms with Gasteiger partial charge in [0.25, 0.3) is 0 Å². The van der Waals surface area contributed by atoms with Crippen molar-refractivity contribution in [2.24, 2.45) is 0 Å². The van der Waals surface area contributed by atoms with Crippen molar-refractivity contribution >= 4 is 23.2 Å². The Morgan fingerprint density at radius 1 is 1.04 bits per heavy atom. The summed E-state index contributed by atoms with van der Waals surface area (Å²) in [5.74, 6) is 0.571. The third-order valence-corrected chi connectivity index (χ3v) is 3.87. The van der Waals surface area contributed by atoms with Crippen molar-refractivity contribution in [2.45, 2.75) is 26.7 Å². The van der Waals surface area contributed by atoms with Gasteiger partial charge in [-0.3, -0.25) is 9.59 Å². The van der Waals surface area contributed by atoms with Crippen LogP contribution in [-0.4, -0.2) is 22.0 Å². The topological polar surface area (TPSA) is 97.1 Å². The summed E-state index contributed by atoms with van der Waals surface area (Å²) in [7, 11) is 0. The first-order valence-electron chi connectivity index (χ1n) is 8.57. The van der Waals surface area contributed by atoms with E-state index >= 15 is 0 Å². The number of rotatable bonds is 6. The van der Waals surface area contributed by atoms with Crippen LogP contribution in [0.15, 0.2) is 52.9 Å². The molecule has 0 atom stereocenters. The van der Waals surface area contributed by atoms with Crippen molar-refractivity contribution < 1.29 is 14.0 Å². The molecule has 0 aliphatic carbocycles. The lowest BCUT2D eigenvalue weighted by molar-refractivity contribution is -0.116. The largest absolute Gasteiger partial charge is 0.421 e. The Labute approximate surface area is 156 Å². The first-order valence-corrected chi connectivity index (χ1v) is 8.57. The molecule has 0 radical (unpaired) electrons. The van der Waals surface area contributed by atoms with E-state index in [0.717, 1.165) is 16.8 Å². The summed E-state index contributed by atoms with van der Waals surface area (Å²) in [5.41, 5.74) is 3.10. The molecule has 27 heavy (non-hydrogen) atoms. The molecule has 0 saturated heterocycles. The van der Waals surface area contributed by atoms with Gasteiger partial charge in [0.15, 0.2) is 0 Å². The smallest absolute Gasteiger partial charge is 0.247 e. The number of aryl methyl sites for hydroxylation is 2. The number of aromatic nitrogens is 2. The first kappa shape index (κ1) is 18.3. The Balaban J connectivity index is 1.55. The standard InChI is InChI=1S/C20H20N4O3/c1-13-12-16(8-9-17(13)21-14(2)25)22-18(26)10-11-19-23-24-20(27-19)15-6-4-3-5-7-15/h3-9,12H,10-11H2,1-2H3,(H,21,25)(H,22,26). The fraction of sp³-hybridized carbons (Fsp3) is 0.200. The Hall–Kier alpha value is -3.48.